The van der Waals surface area contributed by atoms with Gasteiger partial charge in [0.05, 0.1) is 0 Å². The zero-order valence-electron chi connectivity index (χ0n) is 15.7. The number of benzene rings is 2. The minimum Gasteiger partial charge on any atom is -0.491 e. The summed E-state index contributed by atoms with van der Waals surface area (Å²) in [4.78, 5) is 12.4. The molecule has 1 aliphatic heterocycles. The number of fused-ring (bicyclic) bond motifs is 1. The number of hydrogen-bond acceptors (Lipinski definition) is 5. The lowest BCUT2D eigenvalue weighted by atomic mass is 10.0. The minimum absolute atomic E-state index is 0.199. The standard InChI is InChI=1S/C22H27NO3S/c1-16(24)6-7-17-8-10-19(11-9-17)26-15-18(25)14-23-21-12-13-27-22-5-3-2-4-20(21)22/h2-5,8-11,18,21,23,25H,6-7,12-15H2,1H3/t18-,21+/m1/s1. The molecule has 3 rings (SSSR count). The highest BCUT2D eigenvalue weighted by Crippen LogP contribution is 2.35. The van der Waals surface area contributed by atoms with Crippen molar-refractivity contribution in [3.63, 3.8) is 0 Å². The van der Waals surface area contributed by atoms with Crippen molar-refractivity contribution in [2.45, 2.75) is 43.2 Å². The summed E-state index contributed by atoms with van der Waals surface area (Å²) in [5.74, 6) is 2.03. The fourth-order valence-electron chi connectivity index (χ4n) is 3.16. The van der Waals surface area contributed by atoms with Crippen molar-refractivity contribution < 1.29 is 14.6 Å². The zero-order chi connectivity index (χ0) is 19.1. The summed E-state index contributed by atoms with van der Waals surface area (Å²) >= 11 is 1.89. The third kappa shape index (κ3) is 6.09. The van der Waals surface area contributed by atoms with Crippen molar-refractivity contribution in [3.8, 4) is 5.75 Å². The summed E-state index contributed by atoms with van der Waals surface area (Å²) in [6, 6.07) is 16.5. The van der Waals surface area contributed by atoms with Crippen LogP contribution in [0.1, 0.15) is 36.9 Å². The van der Waals surface area contributed by atoms with E-state index >= 15 is 0 Å². The fraction of sp³-hybridized carbons (Fsp3) is 0.409. The first-order valence-electron chi connectivity index (χ1n) is 9.46. The largest absolute Gasteiger partial charge is 0.491 e. The van der Waals surface area contributed by atoms with Gasteiger partial charge in [-0.15, -0.1) is 11.8 Å². The second-order valence-corrected chi connectivity index (χ2v) is 8.08. The lowest BCUT2D eigenvalue weighted by Gasteiger charge is -2.27. The second kappa shape index (κ2) is 9.93. The summed E-state index contributed by atoms with van der Waals surface area (Å²) in [5, 5.41) is 13.7. The molecule has 2 N–H and O–H groups in total. The molecular weight excluding hydrogens is 358 g/mol. The van der Waals surface area contributed by atoms with Crippen LogP contribution in [0.3, 0.4) is 0 Å². The van der Waals surface area contributed by atoms with E-state index in [4.69, 9.17) is 4.74 Å². The van der Waals surface area contributed by atoms with E-state index in [1.165, 1.54) is 10.5 Å². The number of carbonyl (C=O) groups is 1. The number of aliphatic hydroxyl groups excluding tert-OH is 1. The monoisotopic (exact) mass is 385 g/mol. The highest BCUT2D eigenvalue weighted by Gasteiger charge is 2.20. The number of carbonyl (C=O) groups excluding carboxylic acids is 1. The van der Waals surface area contributed by atoms with Crippen LogP contribution in [0.4, 0.5) is 0 Å². The van der Waals surface area contributed by atoms with Crippen LogP contribution in [0.15, 0.2) is 53.4 Å². The third-order valence-corrected chi connectivity index (χ3v) is 5.81. The molecule has 0 aromatic heterocycles. The van der Waals surface area contributed by atoms with Crippen LogP contribution >= 0.6 is 11.8 Å². The smallest absolute Gasteiger partial charge is 0.130 e. The molecule has 5 heteroatoms. The number of thioether (sulfide) groups is 1. The van der Waals surface area contributed by atoms with Crippen LogP contribution in [0.2, 0.25) is 0 Å². The summed E-state index contributed by atoms with van der Waals surface area (Å²) in [7, 11) is 0. The van der Waals surface area contributed by atoms with E-state index in [1.54, 1.807) is 6.92 Å². The summed E-state index contributed by atoms with van der Waals surface area (Å²) in [5.41, 5.74) is 2.44. The molecule has 144 valence electrons. The van der Waals surface area contributed by atoms with Crippen LogP contribution in [0.5, 0.6) is 5.75 Å². The van der Waals surface area contributed by atoms with Crippen molar-refractivity contribution in [3.05, 3.63) is 59.7 Å². The van der Waals surface area contributed by atoms with E-state index < -0.39 is 6.10 Å². The van der Waals surface area contributed by atoms with Gasteiger partial charge < -0.3 is 20.0 Å². The molecule has 4 nitrogen and oxygen atoms in total. The van der Waals surface area contributed by atoms with E-state index in [1.807, 2.05) is 36.0 Å². The van der Waals surface area contributed by atoms with Crippen LogP contribution in [0, 0.1) is 0 Å². The molecule has 0 saturated carbocycles. The van der Waals surface area contributed by atoms with Crippen molar-refractivity contribution in [1.29, 1.82) is 0 Å². The van der Waals surface area contributed by atoms with Gasteiger partial charge in [-0.2, -0.15) is 0 Å². The van der Waals surface area contributed by atoms with Gasteiger partial charge in [-0.25, -0.2) is 0 Å². The number of ketones is 1. The Kier molecular flexibility index (Phi) is 7.33. The van der Waals surface area contributed by atoms with Gasteiger partial charge in [-0.1, -0.05) is 30.3 Å². The molecule has 2 aromatic carbocycles. The number of rotatable bonds is 9. The quantitative estimate of drug-likeness (QED) is 0.688. The van der Waals surface area contributed by atoms with Gasteiger partial charge in [-0.05, 0) is 54.8 Å². The highest BCUT2D eigenvalue weighted by molar-refractivity contribution is 7.99. The Balaban J connectivity index is 1.42. The Morgan fingerprint density at radius 1 is 1.26 bits per heavy atom. The number of nitrogens with one attached hydrogen (secondary N) is 1. The molecular formula is C22H27NO3S. The zero-order valence-corrected chi connectivity index (χ0v) is 16.5. The Morgan fingerprint density at radius 2 is 2.04 bits per heavy atom. The molecule has 0 unspecified atom stereocenters. The highest BCUT2D eigenvalue weighted by atomic mass is 32.2. The van der Waals surface area contributed by atoms with Gasteiger partial charge in [0.2, 0.25) is 0 Å². The maximum absolute atomic E-state index is 11.0. The molecule has 0 fully saturated rings. The van der Waals surface area contributed by atoms with Gasteiger partial charge in [0.1, 0.15) is 24.2 Å². The Bertz CT molecular complexity index is 747. The molecule has 0 amide bonds. The van der Waals surface area contributed by atoms with E-state index in [-0.39, 0.29) is 18.4 Å². The molecule has 0 spiro atoms. The molecule has 2 aromatic rings. The Labute approximate surface area is 165 Å². The normalized spacial score (nSPS) is 17.2. The topological polar surface area (TPSA) is 58.6 Å². The van der Waals surface area contributed by atoms with E-state index in [0.29, 0.717) is 13.0 Å². The van der Waals surface area contributed by atoms with Gasteiger partial charge >= 0.3 is 0 Å². The summed E-state index contributed by atoms with van der Waals surface area (Å²) < 4.78 is 5.70. The first-order valence-corrected chi connectivity index (χ1v) is 10.4. The van der Waals surface area contributed by atoms with Crippen molar-refractivity contribution in [2.75, 3.05) is 18.9 Å². The molecule has 1 heterocycles. The van der Waals surface area contributed by atoms with Crippen LogP contribution in [-0.2, 0) is 11.2 Å². The minimum atomic E-state index is -0.566. The van der Waals surface area contributed by atoms with E-state index in [2.05, 4.69) is 29.6 Å². The average molecular weight is 386 g/mol. The fourth-order valence-corrected chi connectivity index (χ4v) is 4.28. The maximum Gasteiger partial charge on any atom is 0.130 e. The summed E-state index contributed by atoms with van der Waals surface area (Å²) in [6.45, 7) is 2.36. The number of hydrogen-bond donors (Lipinski definition) is 2. The summed E-state index contributed by atoms with van der Waals surface area (Å²) in [6.07, 6.45) is 1.82. The number of aliphatic hydroxyl groups is 1. The molecule has 0 aliphatic carbocycles. The van der Waals surface area contributed by atoms with E-state index in [9.17, 15) is 9.90 Å². The molecule has 0 bridgehead atoms. The molecule has 1 aliphatic rings. The second-order valence-electron chi connectivity index (χ2n) is 6.95. The third-order valence-electron chi connectivity index (χ3n) is 4.69. The molecule has 2 atom stereocenters. The van der Waals surface area contributed by atoms with Gasteiger partial charge in [0, 0.05) is 23.9 Å². The van der Waals surface area contributed by atoms with Crippen LogP contribution < -0.4 is 10.1 Å². The number of Topliss-reactive ketones (excluding diaryl/α,β-unsaturated/α-hetero) is 1. The van der Waals surface area contributed by atoms with Gasteiger partial charge in [0.15, 0.2) is 0 Å². The molecule has 0 radical (unpaired) electrons. The molecule has 27 heavy (non-hydrogen) atoms. The van der Waals surface area contributed by atoms with Gasteiger partial charge in [0.25, 0.3) is 0 Å². The molecule has 0 saturated heterocycles. The maximum atomic E-state index is 11.0. The van der Waals surface area contributed by atoms with E-state index in [0.717, 1.165) is 29.9 Å². The van der Waals surface area contributed by atoms with Crippen LogP contribution in [-0.4, -0.2) is 35.9 Å². The lowest BCUT2D eigenvalue weighted by Crippen LogP contribution is -2.35. The SMILES string of the molecule is CC(=O)CCc1ccc(OC[C@H](O)CN[C@H]2CCSc3ccccc32)cc1. The first-order chi connectivity index (χ1) is 13.1. The van der Waals surface area contributed by atoms with Crippen LogP contribution in [0.25, 0.3) is 0 Å². The average Bonchev–Trinajstić information content (AvgIpc) is 2.69. The number of ether oxygens (including phenoxy) is 1. The Morgan fingerprint density at radius 3 is 2.81 bits per heavy atom. The Hall–Kier alpha value is -1.82. The predicted molar refractivity (Wildman–Crippen MR) is 109 cm³/mol. The van der Waals surface area contributed by atoms with Crippen molar-refractivity contribution >= 4 is 17.5 Å². The first kappa shape index (κ1) is 19.9. The number of aryl methyl sites for hydroxylation is 1. The van der Waals surface area contributed by atoms with Crippen molar-refractivity contribution in [1.82, 2.24) is 5.32 Å². The van der Waals surface area contributed by atoms with Gasteiger partial charge in [-0.3, -0.25) is 0 Å². The predicted octanol–water partition coefficient (Wildman–Crippen LogP) is 3.77. The van der Waals surface area contributed by atoms with Crippen molar-refractivity contribution in [2.24, 2.45) is 0 Å². The lowest BCUT2D eigenvalue weighted by molar-refractivity contribution is -0.116.